The summed E-state index contributed by atoms with van der Waals surface area (Å²) in [5.41, 5.74) is 3.86. The van der Waals surface area contributed by atoms with Crippen molar-refractivity contribution in [3.63, 3.8) is 0 Å². The zero-order chi connectivity index (χ0) is 15.2. The van der Waals surface area contributed by atoms with Crippen molar-refractivity contribution >= 4 is 5.69 Å². The molecule has 0 spiro atoms. The minimum absolute atomic E-state index is 0.464. The van der Waals surface area contributed by atoms with Crippen LogP contribution in [0, 0.1) is 0 Å². The number of rotatable bonds is 6. The first-order chi connectivity index (χ1) is 10.8. The van der Waals surface area contributed by atoms with Gasteiger partial charge < -0.3 is 15.4 Å². The second-order valence-corrected chi connectivity index (χ2v) is 5.90. The Morgan fingerprint density at radius 2 is 2.00 bits per heavy atom. The quantitative estimate of drug-likeness (QED) is 0.858. The molecule has 0 saturated carbocycles. The van der Waals surface area contributed by atoms with Crippen molar-refractivity contribution in [2.45, 2.75) is 25.8 Å². The smallest absolute Gasteiger partial charge is 0.142 e. The molecule has 2 aromatic carbocycles. The number of ether oxygens (including phenoxy) is 1. The number of hydrogen-bond donors (Lipinski definition) is 2. The Morgan fingerprint density at radius 3 is 2.86 bits per heavy atom. The van der Waals surface area contributed by atoms with Crippen LogP contribution in [0.15, 0.2) is 48.5 Å². The first-order valence-electron chi connectivity index (χ1n) is 8.08. The third-order valence-corrected chi connectivity index (χ3v) is 4.01. The fourth-order valence-corrected chi connectivity index (χ4v) is 2.85. The van der Waals surface area contributed by atoms with E-state index in [2.05, 4.69) is 66.1 Å². The molecule has 116 valence electrons. The summed E-state index contributed by atoms with van der Waals surface area (Å²) in [6.45, 7) is 4.90. The molecular formula is C19H24N2O. The highest BCUT2D eigenvalue weighted by atomic mass is 16.5. The molecule has 1 atom stereocenters. The van der Waals surface area contributed by atoms with Crippen molar-refractivity contribution in [1.82, 2.24) is 5.32 Å². The maximum absolute atomic E-state index is 5.62. The van der Waals surface area contributed by atoms with Crippen LogP contribution in [-0.4, -0.2) is 25.7 Å². The fraction of sp³-hybridized carbons (Fsp3) is 0.368. The van der Waals surface area contributed by atoms with Crippen LogP contribution in [0.4, 0.5) is 5.69 Å². The second-order valence-electron chi connectivity index (χ2n) is 5.90. The molecule has 2 aromatic rings. The SMILES string of the molecule is CC(Cc1ccc2c(c1)NCCO2)NCCc1ccccc1. The van der Waals surface area contributed by atoms with E-state index in [1.54, 1.807) is 0 Å². The number of benzene rings is 2. The van der Waals surface area contributed by atoms with Crippen molar-refractivity contribution < 1.29 is 4.74 Å². The molecule has 0 aliphatic carbocycles. The molecule has 3 nitrogen and oxygen atoms in total. The summed E-state index contributed by atoms with van der Waals surface area (Å²) in [6.07, 6.45) is 2.11. The average Bonchev–Trinajstić information content (AvgIpc) is 2.56. The van der Waals surface area contributed by atoms with Crippen LogP contribution in [0.1, 0.15) is 18.1 Å². The maximum Gasteiger partial charge on any atom is 0.142 e. The standard InChI is InChI=1S/C19H24N2O/c1-15(20-10-9-16-5-3-2-4-6-16)13-17-7-8-19-18(14-17)21-11-12-22-19/h2-8,14-15,20-21H,9-13H2,1H3. The van der Waals surface area contributed by atoms with E-state index in [9.17, 15) is 0 Å². The fourth-order valence-electron chi connectivity index (χ4n) is 2.85. The predicted molar refractivity (Wildman–Crippen MR) is 91.7 cm³/mol. The Kier molecular flexibility index (Phi) is 4.96. The molecule has 3 heteroatoms. The lowest BCUT2D eigenvalue weighted by Gasteiger charge is -2.21. The first-order valence-corrected chi connectivity index (χ1v) is 8.08. The third kappa shape index (κ3) is 4.01. The van der Waals surface area contributed by atoms with E-state index >= 15 is 0 Å². The lowest BCUT2D eigenvalue weighted by atomic mass is 10.1. The summed E-state index contributed by atoms with van der Waals surface area (Å²) in [4.78, 5) is 0. The van der Waals surface area contributed by atoms with E-state index < -0.39 is 0 Å². The molecule has 0 amide bonds. The van der Waals surface area contributed by atoms with Gasteiger partial charge in [-0.1, -0.05) is 36.4 Å². The highest BCUT2D eigenvalue weighted by molar-refractivity contribution is 5.59. The van der Waals surface area contributed by atoms with Crippen molar-refractivity contribution in [3.05, 3.63) is 59.7 Å². The molecule has 0 saturated heterocycles. The molecule has 1 aliphatic rings. The molecule has 1 aliphatic heterocycles. The largest absolute Gasteiger partial charge is 0.490 e. The van der Waals surface area contributed by atoms with Gasteiger partial charge in [0.1, 0.15) is 12.4 Å². The van der Waals surface area contributed by atoms with Crippen LogP contribution in [0.2, 0.25) is 0 Å². The van der Waals surface area contributed by atoms with E-state index in [0.29, 0.717) is 6.04 Å². The number of anilines is 1. The van der Waals surface area contributed by atoms with E-state index in [1.807, 2.05) is 0 Å². The van der Waals surface area contributed by atoms with Crippen LogP contribution in [-0.2, 0) is 12.8 Å². The molecule has 3 rings (SSSR count). The van der Waals surface area contributed by atoms with Gasteiger partial charge >= 0.3 is 0 Å². The third-order valence-electron chi connectivity index (χ3n) is 4.01. The van der Waals surface area contributed by atoms with Crippen molar-refractivity contribution in [1.29, 1.82) is 0 Å². The molecule has 0 radical (unpaired) electrons. The zero-order valence-electron chi connectivity index (χ0n) is 13.1. The Morgan fingerprint density at radius 1 is 1.14 bits per heavy atom. The number of hydrogen-bond acceptors (Lipinski definition) is 3. The summed E-state index contributed by atoms with van der Waals surface area (Å²) in [7, 11) is 0. The van der Waals surface area contributed by atoms with Crippen LogP contribution in [0.3, 0.4) is 0 Å². The summed E-state index contributed by atoms with van der Waals surface area (Å²) in [5, 5.41) is 7.00. The van der Waals surface area contributed by atoms with Gasteiger partial charge in [-0.25, -0.2) is 0 Å². The van der Waals surface area contributed by atoms with Gasteiger partial charge in [0.15, 0.2) is 0 Å². The monoisotopic (exact) mass is 296 g/mol. The molecule has 2 N–H and O–H groups in total. The van der Waals surface area contributed by atoms with Crippen molar-refractivity contribution in [2.75, 3.05) is 25.0 Å². The molecule has 1 heterocycles. The predicted octanol–water partition coefficient (Wildman–Crippen LogP) is 3.25. The van der Waals surface area contributed by atoms with Gasteiger partial charge in [-0.05, 0) is 49.6 Å². The summed E-state index contributed by atoms with van der Waals surface area (Å²) >= 11 is 0. The van der Waals surface area contributed by atoms with Crippen molar-refractivity contribution in [2.24, 2.45) is 0 Å². The minimum atomic E-state index is 0.464. The Hall–Kier alpha value is -2.00. The lowest BCUT2D eigenvalue weighted by molar-refractivity contribution is 0.323. The van der Waals surface area contributed by atoms with Gasteiger partial charge in [-0.15, -0.1) is 0 Å². The molecule has 0 bridgehead atoms. The molecule has 22 heavy (non-hydrogen) atoms. The summed E-state index contributed by atoms with van der Waals surface area (Å²) in [5.74, 6) is 0.972. The van der Waals surface area contributed by atoms with Gasteiger partial charge in [0, 0.05) is 12.6 Å². The molecule has 1 unspecified atom stereocenters. The van der Waals surface area contributed by atoms with Crippen LogP contribution in [0.5, 0.6) is 5.75 Å². The topological polar surface area (TPSA) is 33.3 Å². The van der Waals surface area contributed by atoms with Crippen molar-refractivity contribution in [3.8, 4) is 5.75 Å². The number of fused-ring (bicyclic) bond motifs is 1. The molecule has 0 aromatic heterocycles. The van der Waals surface area contributed by atoms with Gasteiger partial charge in [0.25, 0.3) is 0 Å². The highest BCUT2D eigenvalue weighted by Crippen LogP contribution is 2.28. The summed E-state index contributed by atoms with van der Waals surface area (Å²) < 4.78 is 5.62. The Labute approximate surface area is 132 Å². The maximum atomic E-state index is 5.62. The first kappa shape index (κ1) is 14.9. The summed E-state index contributed by atoms with van der Waals surface area (Å²) in [6, 6.07) is 17.5. The molecule has 0 fully saturated rings. The average molecular weight is 296 g/mol. The van der Waals surface area contributed by atoms with Gasteiger partial charge in [0.2, 0.25) is 0 Å². The second kappa shape index (κ2) is 7.32. The van der Waals surface area contributed by atoms with Gasteiger partial charge in [0.05, 0.1) is 5.69 Å². The van der Waals surface area contributed by atoms with Gasteiger partial charge in [-0.3, -0.25) is 0 Å². The Balaban J connectivity index is 1.48. The Bertz CT molecular complexity index is 598. The normalized spacial score (nSPS) is 14.6. The highest BCUT2D eigenvalue weighted by Gasteiger charge is 2.11. The van der Waals surface area contributed by atoms with E-state index in [-0.39, 0.29) is 0 Å². The lowest BCUT2D eigenvalue weighted by Crippen LogP contribution is -2.30. The molecular weight excluding hydrogens is 272 g/mol. The van der Waals surface area contributed by atoms with Crippen LogP contribution >= 0.6 is 0 Å². The number of nitrogens with one attached hydrogen (secondary N) is 2. The van der Waals surface area contributed by atoms with E-state index in [0.717, 1.165) is 44.0 Å². The van der Waals surface area contributed by atoms with Crippen LogP contribution in [0.25, 0.3) is 0 Å². The minimum Gasteiger partial charge on any atom is -0.490 e. The van der Waals surface area contributed by atoms with E-state index in [4.69, 9.17) is 4.74 Å². The van der Waals surface area contributed by atoms with Crippen LogP contribution < -0.4 is 15.4 Å². The van der Waals surface area contributed by atoms with E-state index in [1.165, 1.54) is 11.1 Å². The zero-order valence-corrected chi connectivity index (χ0v) is 13.1. The van der Waals surface area contributed by atoms with Gasteiger partial charge in [-0.2, -0.15) is 0 Å².